The minimum atomic E-state index is -0.725. The summed E-state index contributed by atoms with van der Waals surface area (Å²) in [5, 5.41) is 6.87. The van der Waals surface area contributed by atoms with Crippen LogP contribution in [0.25, 0.3) is 0 Å². The van der Waals surface area contributed by atoms with Gasteiger partial charge >= 0.3 is 0 Å². The Labute approximate surface area is 156 Å². The average Bonchev–Trinajstić information content (AvgIpc) is 3.08. The van der Waals surface area contributed by atoms with Gasteiger partial charge in [-0.05, 0) is 18.2 Å². The zero-order chi connectivity index (χ0) is 19.2. The Bertz CT molecular complexity index is 945. The van der Waals surface area contributed by atoms with Gasteiger partial charge in [-0.1, -0.05) is 6.07 Å². The van der Waals surface area contributed by atoms with Crippen molar-refractivity contribution in [3.8, 4) is 0 Å². The van der Waals surface area contributed by atoms with Gasteiger partial charge in [0.05, 0.1) is 12.1 Å². The molecular weight excluding hydrogens is 376 g/mol. The second kappa shape index (κ2) is 8.41. The average molecular weight is 389 g/mol. The predicted octanol–water partition coefficient (Wildman–Crippen LogP) is 2.32. The number of hydrogen-bond donors (Lipinski definition) is 2. The second-order valence-corrected chi connectivity index (χ2v) is 6.18. The highest BCUT2D eigenvalue weighted by Crippen LogP contribution is 2.17. The highest BCUT2D eigenvalue weighted by molar-refractivity contribution is 7.14. The predicted molar refractivity (Wildman–Crippen MR) is 94.0 cm³/mol. The molecule has 3 rings (SSSR count). The lowest BCUT2D eigenvalue weighted by atomic mass is 10.2. The van der Waals surface area contributed by atoms with Crippen LogP contribution in [0, 0.1) is 11.6 Å². The van der Waals surface area contributed by atoms with E-state index in [2.05, 4.69) is 25.6 Å². The molecule has 7 nitrogen and oxygen atoms in total. The molecule has 2 amide bonds. The summed E-state index contributed by atoms with van der Waals surface area (Å²) < 4.78 is 27.1. The van der Waals surface area contributed by atoms with Crippen molar-refractivity contribution in [2.45, 2.75) is 13.0 Å². The van der Waals surface area contributed by atoms with Gasteiger partial charge in [0, 0.05) is 29.9 Å². The van der Waals surface area contributed by atoms with E-state index < -0.39 is 23.4 Å². The SMILES string of the molecule is O=C(Cc1csc(NC(=O)c2ncccn2)n1)NCc1c(F)cccc1F. The second-order valence-electron chi connectivity index (χ2n) is 5.32. The van der Waals surface area contributed by atoms with Gasteiger partial charge in [0.15, 0.2) is 5.13 Å². The number of thiazole rings is 1. The number of anilines is 1. The fourth-order valence-electron chi connectivity index (χ4n) is 2.13. The summed E-state index contributed by atoms with van der Waals surface area (Å²) in [6, 6.07) is 5.08. The Hall–Kier alpha value is -3.27. The topological polar surface area (TPSA) is 96.9 Å². The van der Waals surface area contributed by atoms with Gasteiger partial charge in [0.1, 0.15) is 11.6 Å². The van der Waals surface area contributed by atoms with E-state index in [9.17, 15) is 18.4 Å². The number of nitrogens with one attached hydrogen (secondary N) is 2. The molecule has 0 aliphatic carbocycles. The number of amides is 2. The molecule has 1 aromatic carbocycles. The third-order valence-electron chi connectivity index (χ3n) is 3.41. The van der Waals surface area contributed by atoms with Crippen molar-refractivity contribution >= 4 is 28.3 Å². The van der Waals surface area contributed by atoms with Crippen LogP contribution in [0.15, 0.2) is 42.0 Å². The highest BCUT2D eigenvalue weighted by Gasteiger charge is 2.14. The normalized spacial score (nSPS) is 10.4. The Kier molecular flexibility index (Phi) is 5.77. The molecule has 2 heterocycles. The van der Waals surface area contributed by atoms with Gasteiger partial charge < -0.3 is 5.32 Å². The van der Waals surface area contributed by atoms with E-state index in [-0.39, 0.29) is 29.5 Å². The van der Waals surface area contributed by atoms with Crippen LogP contribution < -0.4 is 10.6 Å². The number of aromatic nitrogens is 3. The molecule has 0 unspecified atom stereocenters. The number of carbonyl (C=O) groups excluding carboxylic acids is 2. The summed E-state index contributed by atoms with van der Waals surface area (Å²) >= 11 is 1.14. The molecule has 0 saturated carbocycles. The van der Waals surface area contributed by atoms with E-state index in [0.717, 1.165) is 23.5 Å². The quantitative estimate of drug-likeness (QED) is 0.674. The van der Waals surface area contributed by atoms with Crippen LogP contribution >= 0.6 is 11.3 Å². The minimum absolute atomic E-state index is 0.00101. The van der Waals surface area contributed by atoms with E-state index in [4.69, 9.17) is 0 Å². The maximum atomic E-state index is 13.5. The largest absolute Gasteiger partial charge is 0.351 e. The first-order chi connectivity index (χ1) is 13.0. The maximum Gasteiger partial charge on any atom is 0.295 e. The molecule has 10 heteroatoms. The first-order valence-electron chi connectivity index (χ1n) is 7.75. The van der Waals surface area contributed by atoms with Crippen LogP contribution in [0.5, 0.6) is 0 Å². The van der Waals surface area contributed by atoms with E-state index >= 15 is 0 Å². The Balaban J connectivity index is 1.54. The molecule has 2 N–H and O–H groups in total. The lowest BCUT2D eigenvalue weighted by Gasteiger charge is -2.06. The Morgan fingerprint density at radius 3 is 2.48 bits per heavy atom. The van der Waals surface area contributed by atoms with Gasteiger partial charge in [0.2, 0.25) is 11.7 Å². The minimum Gasteiger partial charge on any atom is -0.351 e. The molecule has 0 spiro atoms. The molecule has 0 radical (unpaired) electrons. The number of halogens is 2. The number of benzene rings is 1. The maximum absolute atomic E-state index is 13.5. The van der Waals surface area contributed by atoms with Gasteiger partial charge in [-0.25, -0.2) is 23.7 Å². The van der Waals surface area contributed by atoms with Crippen LogP contribution in [0.3, 0.4) is 0 Å². The molecule has 138 valence electrons. The fourth-order valence-corrected chi connectivity index (χ4v) is 2.84. The summed E-state index contributed by atoms with van der Waals surface area (Å²) in [4.78, 5) is 35.7. The van der Waals surface area contributed by atoms with Gasteiger partial charge in [-0.15, -0.1) is 11.3 Å². The van der Waals surface area contributed by atoms with Crippen molar-refractivity contribution in [2.24, 2.45) is 0 Å². The molecule has 0 aliphatic heterocycles. The lowest BCUT2D eigenvalue weighted by Crippen LogP contribution is -2.25. The standard InChI is InChI=1S/C17H13F2N5O2S/c18-12-3-1-4-13(19)11(12)8-22-14(25)7-10-9-27-17(23-10)24-16(26)15-20-5-2-6-21-15/h1-6,9H,7-8H2,(H,22,25)(H,23,24,26). The summed E-state index contributed by atoms with van der Waals surface area (Å²) in [5.41, 5.74) is 0.204. The summed E-state index contributed by atoms with van der Waals surface area (Å²) in [5.74, 6) is -2.42. The molecular formula is C17H13F2N5O2S. The van der Waals surface area contributed by atoms with Gasteiger partial charge in [-0.2, -0.15) is 0 Å². The number of hydrogen-bond acceptors (Lipinski definition) is 6. The molecule has 0 aliphatic rings. The smallest absolute Gasteiger partial charge is 0.295 e. The van der Waals surface area contributed by atoms with Crippen LogP contribution in [-0.4, -0.2) is 26.8 Å². The molecule has 3 aromatic rings. The highest BCUT2D eigenvalue weighted by atomic mass is 32.1. The first kappa shape index (κ1) is 18.5. The summed E-state index contributed by atoms with van der Waals surface area (Å²) in [7, 11) is 0. The van der Waals surface area contributed by atoms with Crippen LogP contribution in [-0.2, 0) is 17.8 Å². The van der Waals surface area contributed by atoms with Crippen molar-refractivity contribution in [2.75, 3.05) is 5.32 Å². The van der Waals surface area contributed by atoms with E-state index in [1.165, 1.54) is 18.5 Å². The molecule has 0 bridgehead atoms. The zero-order valence-electron chi connectivity index (χ0n) is 13.8. The molecule has 2 aromatic heterocycles. The van der Waals surface area contributed by atoms with Crippen molar-refractivity contribution < 1.29 is 18.4 Å². The Morgan fingerprint density at radius 1 is 1.07 bits per heavy atom. The third kappa shape index (κ3) is 4.88. The zero-order valence-corrected chi connectivity index (χ0v) is 14.6. The van der Waals surface area contributed by atoms with E-state index in [0.29, 0.717) is 5.69 Å². The first-order valence-corrected chi connectivity index (χ1v) is 8.63. The fraction of sp³-hybridized carbons (Fsp3) is 0.118. The van der Waals surface area contributed by atoms with Crippen molar-refractivity contribution in [1.29, 1.82) is 0 Å². The number of rotatable bonds is 6. The molecule has 0 atom stereocenters. The van der Waals surface area contributed by atoms with E-state index in [1.54, 1.807) is 11.4 Å². The summed E-state index contributed by atoms with van der Waals surface area (Å²) in [6.45, 7) is -0.267. The van der Waals surface area contributed by atoms with Crippen molar-refractivity contribution in [3.63, 3.8) is 0 Å². The monoisotopic (exact) mass is 389 g/mol. The number of carbonyl (C=O) groups is 2. The van der Waals surface area contributed by atoms with Crippen LogP contribution in [0.4, 0.5) is 13.9 Å². The van der Waals surface area contributed by atoms with Crippen LogP contribution in [0.1, 0.15) is 21.9 Å². The molecule has 0 saturated heterocycles. The van der Waals surface area contributed by atoms with Crippen LogP contribution in [0.2, 0.25) is 0 Å². The third-order valence-corrected chi connectivity index (χ3v) is 4.21. The lowest BCUT2D eigenvalue weighted by molar-refractivity contribution is -0.120. The van der Waals surface area contributed by atoms with Gasteiger partial charge in [0.25, 0.3) is 5.91 Å². The summed E-state index contributed by atoms with van der Waals surface area (Å²) in [6.07, 6.45) is 2.79. The molecule has 27 heavy (non-hydrogen) atoms. The van der Waals surface area contributed by atoms with Crippen molar-refractivity contribution in [1.82, 2.24) is 20.3 Å². The van der Waals surface area contributed by atoms with Gasteiger partial charge in [-0.3, -0.25) is 14.9 Å². The van der Waals surface area contributed by atoms with E-state index in [1.807, 2.05) is 0 Å². The van der Waals surface area contributed by atoms with Crippen molar-refractivity contribution in [3.05, 3.63) is 70.8 Å². The Morgan fingerprint density at radius 2 is 1.78 bits per heavy atom. The number of nitrogens with zero attached hydrogens (tertiary/aromatic N) is 3. The molecule has 0 fully saturated rings.